The monoisotopic (exact) mass is 142 g/mol. The van der Waals surface area contributed by atoms with Crippen molar-refractivity contribution in [2.24, 2.45) is 0 Å². The fourth-order valence-electron chi connectivity index (χ4n) is 0.0429. The largest absolute Gasteiger partial charge is 0.281 e. The van der Waals surface area contributed by atoms with Gasteiger partial charge in [-0.05, 0) is 11.6 Å². The minimum Gasteiger partial charge on any atom is -0.273 e. The third-order valence-corrected chi connectivity index (χ3v) is 0.656. The summed E-state index contributed by atoms with van der Waals surface area (Å²) < 4.78 is 11.5. The molecule has 0 aliphatic heterocycles. The van der Waals surface area contributed by atoms with Crippen LogP contribution in [0.4, 0.5) is 4.39 Å². The average molecular weight is 143 g/mol. The molecule has 0 heterocycles. The summed E-state index contributed by atoms with van der Waals surface area (Å²) in [5, 5.41) is -1.17. The summed E-state index contributed by atoms with van der Waals surface area (Å²) in [6.07, 6.45) is 0. The molecule has 0 unspecified atom stereocenters. The molecule has 0 amide bonds. The van der Waals surface area contributed by atoms with Crippen molar-refractivity contribution < 1.29 is 9.18 Å². The Balaban J connectivity index is 3.82. The molecule has 40 valence electrons. The lowest BCUT2D eigenvalue weighted by atomic mass is 10.7. The van der Waals surface area contributed by atoms with Gasteiger partial charge in [0.2, 0.25) is 0 Å². The van der Waals surface area contributed by atoms with E-state index in [1.807, 2.05) is 0 Å². The molecule has 4 heteroatoms. The van der Waals surface area contributed by atoms with E-state index in [1.165, 1.54) is 0 Å². The molecular weight excluding hydrogens is 142 g/mol. The van der Waals surface area contributed by atoms with Crippen molar-refractivity contribution in [2.45, 2.75) is 0 Å². The first kappa shape index (κ1) is 6.92. The molecule has 0 N–H and O–H groups in total. The Morgan fingerprint density at radius 2 is 2.14 bits per heavy atom. The van der Waals surface area contributed by atoms with E-state index in [4.69, 9.17) is 11.6 Å². The van der Waals surface area contributed by atoms with Gasteiger partial charge in [0.25, 0.3) is 5.24 Å². The molecule has 0 fully saturated rings. The zero-order valence-corrected chi connectivity index (χ0v) is 4.63. The summed E-state index contributed by atoms with van der Waals surface area (Å²) in [5.41, 5.74) is 0.481. The van der Waals surface area contributed by atoms with Crippen LogP contribution >= 0.6 is 23.2 Å². The predicted molar refractivity (Wildman–Crippen MR) is 25.9 cm³/mol. The number of allylic oxidation sites excluding steroid dienone is 1. The fraction of sp³-hybridized carbons (Fsp3) is 0. The van der Waals surface area contributed by atoms with Crippen molar-refractivity contribution >= 4 is 28.4 Å². The number of halogens is 3. The van der Waals surface area contributed by atoms with Gasteiger partial charge in [-0.3, -0.25) is 4.79 Å². The van der Waals surface area contributed by atoms with Gasteiger partial charge in [-0.25, -0.2) is 4.39 Å². The molecule has 0 aliphatic rings. The third kappa shape index (κ3) is 2.60. The number of rotatable bonds is 1. The van der Waals surface area contributed by atoms with Crippen molar-refractivity contribution in [3.63, 3.8) is 0 Å². The Labute approximate surface area is 49.7 Å². The Kier molecular flexibility index (Phi) is 2.96. The maximum atomic E-state index is 11.5. The quantitative estimate of drug-likeness (QED) is 0.404. The summed E-state index contributed by atoms with van der Waals surface area (Å²) in [7, 11) is 0. The predicted octanol–water partition coefficient (Wildman–Crippen LogP) is 1.80. The van der Waals surface area contributed by atoms with Gasteiger partial charge in [0.05, 0.1) is 0 Å². The standard InChI is InChI=1S/C3HCl2FO/c4-1-2(6)3(5)7/h1H/b2-1-. The topological polar surface area (TPSA) is 17.1 Å². The van der Waals surface area contributed by atoms with Gasteiger partial charge in [-0.1, -0.05) is 11.6 Å². The van der Waals surface area contributed by atoms with E-state index in [-0.39, 0.29) is 0 Å². The average Bonchev–Trinajstić information content (AvgIpc) is 1.65. The zero-order valence-electron chi connectivity index (χ0n) is 3.12. The maximum absolute atomic E-state index is 11.5. The Bertz CT molecular complexity index is 110. The summed E-state index contributed by atoms with van der Waals surface area (Å²) in [5.74, 6) is -1.14. The zero-order chi connectivity index (χ0) is 5.86. The Hall–Kier alpha value is -0.0800. The second-order valence-electron chi connectivity index (χ2n) is 0.731. The van der Waals surface area contributed by atoms with Crippen LogP contribution < -0.4 is 0 Å². The van der Waals surface area contributed by atoms with Gasteiger partial charge in [0, 0.05) is 5.54 Å². The molecule has 0 saturated carbocycles. The van der Waals surface area contributed by atoms with Crippen LogP contribution in [-0.2, 0) is 4.79 Å². The smallest absolute Gasteiger partial charge is 0.273 e. The van der Waals surface area contributed by atoms with Crippen LogP contribution in [0.2, 0.25) is 0 Å². The van der Waals surface area contributed by atoms with Crippen LogP contribution in [0.5, 0.6) is 0 Å². The molecule has 0 bridgehead atoms. The van der Waals surface area contributed by atoms with E-state index < -0.39 is 11.1 Å². The van der Waals surface area contributed by atoms with Crippen LogP contribution in [0, 0.1) is 0 Å². The number of carbonyl (C=O) groups excluding carboxylic acids is 1. The molecule has 0 aliphatic carbocycles. The maximum Gasteiger partial charge on any atom is 0.281 e. The van der Waals surface area contributed by atoms with Crippen molar-refractivity contribution in [1.29, 1.82) is 0 Å². The number of hydrogen-bond acceptors (Lipinski definition) is 1. The van der Waals surface area contributed by atoms with Gasteiger partial charge in [0.1, 0.15) is 0 Å². The highest BCUT2D eigenvalue weighted by Gasteiger charge is 2.00. The van der Waals surface area contributed by atoms with Gasteiger partial charge in [-0.2, -0.15) is 0 Å². The fourth-order valence-corrected chi connectivity index (χ4v) is 0.252. The Morgan fingerprint density at radius 1 is 1.71 bits per heavy atom. The Morgan fingerprint density at radius 3 is 2.14 bits per heavy atom. The van der Waals surface area contributed by atoms with E-state index in [2.05, 4.69) is 11.6 Å². The lowest BCUT2D eigenvalue weighted by Crippen LogP contribution is -1.81. The van der Waals surface area contributed by atoms with Crippen LogP contribution in [0.1, 0.15) is 0 Å². The van der Waals surface area contributed by atoms with Crippen molar-refractivity contribution in [2.75, 3.05) is 0 Å². The molecule has 0 aromatic rings. The number of carbonyl (C=O) groups is 1. The van der Waals surface area contributed by atoms with Crippen LogP contribution in [0.15, 0.2) is 11.4 Å². The minimum atomic E-state index is -1.17. The molecule has 0 saturated heterocycles. The van der Waals surface area contributed by atoms with Gasteiger partial charge in [-0.15, -0.1) is 0 Å². The van der Waals surface area contributed by atoms with E-state index in [0.717, 1.165) is 0 Å². The first-order valence-electron chi connectivity index (χ1n) is 1.34. The first-order valence-corrected chi connectivity index (χ1v) is 2.15. The normalized spacial score (nSPS) is 11.6. The molecule has 0 aromatic carbocycles. The van der Waals surface area contributed by atoms with Crippen molar-refractivity contribution in [3.8, 4) is 0 Å². The summed E-state index contributed by atoms with van der Waals surface area (Å²) in [4.78, 5) is 9.61. The van der Waals surface area contributed by atoms with Gasteiger partial charge < -0.3 is 0 Å². The summed E-state index contributed by atoms with van der Waals surface area (Å²) >= 11 is 9.27. The highest BCUT2D eigenvalue weighted by Crippen LogP contribution is 2.01. The van der Waals surface area contributed by atoms with E-state index >= 15 is 0 Å². The minimum absolute atomic E-state index is 0.481. The second kappa shape index (κ2) is 2.99. The highest BCUT2D eigenvalue weighted by molar-refractivity contribution is 6.67. The van der Waals surface area contributed by atoms with Crippen LogP contribution in [-0.4, -0.2) is 5.24 Å². The van der Waals surface area contributed by atoms with Crippen molar-refractivity contribution in [3.05, 3.63) is 11.4 Å². The van der Waals surface area contributed by atoms with Crippen molar-refractivity contribution in [1.82, 2.24) is 0 Å². The summed E-state index contributed by atoms with van der Waals surface area (Å²) in [6.45, 7) is 0. The first-order chi connectivity index (χ1) is 3.18. The molecular formula is C3HCl2FO. The molecule has 0 rings (SSSR count). The highest BCUT2D eigenvalue weighted by atomic mass is 35.5. The summed E-state index contributed by atoms with van der Waals surface area (Å²) in [6, 6.07) is 0. The van der Waals surface area contributed by atoms with Crippen LogP contribution in [0.3, 0.4) is 0 Å². The molecule has 7 heavy (non-hydrogen) atoms. The molecule has 0 aromatic heterocycles. The van der Waals surface area contributed by atoms with Gasteiger partial charge in [0.15, 0.2) is 5.83 Å². The molecule has 0 radical (unpaired) electrons. The van der Waals surface area contributed by atoms with E-state index in [0.29, 0.717) is 5.54 Å². The second-order valence-corrected chi connectivity index (χ2v) is 1.29. The lowest BCUT2D eigenvalue weighted by molar-refractivity contribution is -0.109. The lowest BCUT2D eigenvalue weighted by Gasteiger charge is -1.76. The van der Waals surface area contributed by atoms with Gasteiger partial charge >= 0.3 is 0 Å². The van der Waals surface area contributed by atoms with Crippen LogP contribution in [0.25, 0.3) is 0 Å². The molecule has 0 atom stereocenters. The SMILES string of the molecule is O=C(Cl)/C(F)=C/Cl. The van der Waals surface area contributed by atoms with E-state index in [9.17, 15) is 9.18 Å². The number of hydrogen-bond donors (Lipinski definition) is 0. The molecule has 0 spiro atoms. The third-order valence-electron chi connectivity index (χ3n) is 0.284. The molecule has 1 nitrogen and oxygen atoms in total. The van der Waals surface area contributed by atoms with E-state index in [1.54, 1.807) is 0 Å².